The summed E-state index contributed by atoms with van der Waals surface area (Å²) in [6.07, 6.45) is 2.09. The molecule has 1 N–H and O–H groups in total. The molecule has 2 aliphatic rings. The molecule has 0 saturated carbocycles. The van der Waals surface area contributed by atoms with Crippen molar-refractivity contribution in [3.63, 3.8) is 0 Å². The largest absolute Gasteiger partial charge is 0.353 e. The third-order valence-electron chi connectivity index (χ3n) is 4.86. The SMILES string of the molecule is O=C(C1CCCN1)N1CCN(c2ccc3ccccc3n2)CC1. The van der Waals surface area contributed by atoms with Gasteiger partial charge in [-0.25, -0.2) is 4.98 Å². The molecular weight excluding hydrogens is 288 g/mol. The molecule has 23 heavy (non-hydrogen) atoms. The molecule has 0 spiro atoms. The van der Waals surface area contributed by atoms with Crippen LogP contribution >= 0.6 is 0 Å². The zero-order valence-corrected chi connectivity index (χ0v) is 13.2. The monoisotopic (exact) mass is 310 g/mol. The summed E-state index contributed by atoms with van der Waals surface area (Å²) in [6.45, 7) is 4.24. The molecule has 1 aromatic heterocycles. The van der Waals surface area contributed by atoms with Gasteiger partial charge in [-0.05, 0) is 37.6 Å². The van der Waals surface area contributed by atoms with Crippen LogP contribution < -0.4 is 10.2 Å². The minimum Gasteiger partial charge on any atom is -0.353 e. The number of carbonyl (C=O) groups is 1. The van der Waals surface area contributed by atoms with Gasteiger partial charge in [-0.15, -0.1) is 0 Å². The Bertz CT molecular complexity index is 703. The first-order chi connectivity index (χ1) is 11.3. The topological polar surface area (TPSA) is 48.5 Å². The standard InChI is InChI=1S/C18H22N4O/c23-18(16-6-3-9-19-16)22-12-10-21(11-13-22)17-8-7-14-4-1-2-5-15(14)20-17/h1-2,4-5,7-8,16,19H,3,6,9-13H2. The Kier molecular flexibility index (Phi) is 3.87. The number of rotatable bonds is 2. The number of anilines is 1. The van der Waals surface area contributed by atoms with Crippen molar-refractivity contribution in [2.75, 3.05) is 37.6 Å². The summed E-state index contributed by atoms with van der Waals surface area (Å²) in [5.74, 6) is 1.28. The van der Waals surface area contributed by atoms with Crippen molar-refractivity contribution in [3.8, 4) is 0 Å². The molecular formula is C18H22N4O. The number of carbonyl (C=O) groups excluding carboxylic acids is 1. The van der Waals surface area contributed by atoms with Crippen molar-refractivity contribution in [3.05, 3.63) is 36.4 Å². The lowest BCUT2D eigenvalue weighted by molar-refractivity contribution is -0.133. The number of aromatic nitrogens is 1. The fraction of sp³-hybridized carbons (Fsp3) is 0.444. The van der Waals surface area contributed by atoms with Crippen LogP contribution in [0, 0.1) is 0 Å². The van der Waals surface area contributed by atoms with Gasteiger partial charge in [0.2, 0.25) is 5.91 Å². The van der Waals surface area contributed by atoms with E-state index in [0.29, 0.717) is 0 Å². The number of nitrogens with one attached hydrogen (secondary N) is 1. The molecule has 2 aliphatic heterocycles. The van der Waals surface area contributed by atoms with Gasteiger partial charge in [0.1, 0.15) is 5.82 Å². The maximum absolute atomic E-state index is 12.4. The van der Waals surface area contributed by atoms with Crippen molar-refractivity contribution in [2.45, 2.75) is 18.9 Å². The summed E-state index contributed by atoms with van der Waals surface area (Å²) in [4.78, 5) is 21.5. The average Bonchev–Trinajstić information content (AvgIpc) is 3.15. The summed E-state index contributed by atoms with van der Waals surface area (Å²) in [7, 11) is 0. The average molecular weight is 310 g/mol. The van der Waals surface area contributed by atoms with Gasteiger partial charge in [0.15, 0.2) is 0 Å². The summed E-state index contributed by atoms with van der Waals surface area (Å²) in [5.41, 5.74) is 1.03. The molecule has 5 heteroatoms. The lowest BCUT2D eigenvalue weighted by Gasteiger charge is -2.36. The van der Waals surface area contributed by atoms with Crippen LogP contribution in [0.15, 0.2) is 36.4 Å². The molecule has 120 valence electrons. The molecule has 0 bridgehead atoms. The van der Waals surface area contributed by atoms with Crippen LogP contribution in [-0.4, -0.2) is 54.6 Å². The first-order valence-electron chi connectivity index (χ1n) is 8.44. The Morgan fingerprint density at radius 3 is 2.70 bits per heavy atom. The quantitative estimate of drug-likeness (QED) is 0.916. The van der Waals surface area contributed by atoms with E-state index in [9.17, 15) is 4.79 Å². The molecule has 2 saturated heterocycles. The highest BCUT2D eigenvalue weighted by Gasteiger charge is 2.29. The highest BCUT2D eigenvalue weighted by molar-refractivity contribution is 5.83. The van der Waals surface area contributed by atoms with E-state index in [0.717, 1.165) is 62.3 Å². The van der Waals surface area contributed by atoms with Gasteiger partial charge in [-0.1, -0.05) is 18.2 Å². The smallest absolute Gasteiger partial charge is 0.239 e. The molecule has 5 nitrogen and oxygen atoms in total. The highest BCUT2D eigenvalue weighted by Crippen LogP contribution is 2.20. The maximum Gasteiger partial charge on any atom is 0.239 e. The fourth-order valence-corrected chi connectivity index (χ4v) is 3.50. The predicted molar refractivity (Wildman–Crippen MR) is 91.6 cm³/mol. The van der Waals surface area contributed by atoms with Crippen LogP contribution in [0.1, 0.15) is 12.8 Å². The second-order valence-electron chi connectivity index (χ2n) is 6.32. The van der Waals surface area contributed by atoms with Gasteiger partial charge < -0.3 is 15.1 Å². The van der Waals surface area contributed by atoms with Crippen LogP contribution in [0.25, 0.3) is 10.9 Å². The number of pyridine rings is 1. The van der Waals surface area contributed by atoms with E-state index in [1.54, 1.807) is 0 Å². The third kappa shape index (κ3) is 2.88. The maximum atomic E-state index is 12.4. The predicted octanol–water partition coefficient (Wildman–Crippen LogP) is 1.64. The molecule has 0 radical (unpaired) electrons. The van der Waals surface area contributed by atoms with Crippen LogP contribution in [0.3, 0.4) is 0 Å². The molecule has 1 atom stereocenters. The molecule has 1 amide bonds. The number of amides is 1. The Balaban J connectivity index is 1.43. The van der Waals surface area contributed by atoms with Crippen LogP contribution in [-0.2, 0) is 4.79 Å². The fourth-order valence-electron chi connectivity index (χ4n) is 3.50. The summed E-state index contributed by atoms with van der Waals surface area (Å²) in [5, 5.41) is 4.46. The van der Waals surface area contributed by atoms with E-state index in [1.165, 1.54) is 0 Å². The van der Waals surface area contributed by atoms with Crippen molar-refractivity contribution in [1.29, 1.82) is 0 Å². The minimum absolute atomic E-state index is 0.0420. The number of fused-ring (bicyclic) bond motifs is 1. The molecule has 1 unspecified atom stereocenters. The third-order valence-corrected chi connectivity index (χ3v) is 4.86. The lowest BCUT2D eigenvalue weighted by atomic mass is 10.2. The molecule has 4 rings (SSSR count). The summed E-state index contributed by atoms with van der Waals surface area (Å²) in [6, 6.07) is 12.4. The van der Waals surface area contributed by atoms with Crippen LogP contribution in [0.2, 0.25) is 0 Å². The number of piperazine rings is 1. The van der Waals surface area contributed by atoms with E-state index in [-0.39, 0.29) is 11.9 Å². The molecule has 1 aromatic carbocycles. The van der Waals surface area contributed by atoms with Gasteiger partial charge in [0.25, 0.3) is 0 Å². The molecule has 2 fully saturated rings. The van der Waals surface area contributed by atoms with Crippen LogP contribution in [0.4, 0.5) is 5.82 Å². The molecule has 0 aliphatic carbocycles. The zero-order chi connectivity index (χ0) is 15.6. The van der Waals surface area contributed by atoms with Crippen molar-refractivity contribution in [2.24, 2.45) is 0 Å². The Labute approximate surface area is 136 Å². The van der Waals surface area contributed by atoms with Gasteiger partial charge in [-0.3, -0.25) is 4.79 Å². The number of nitrogens with zero attached hydrogens (tertiary/aromatic N) is 3. The number of hydrogen-bond acceptors (Lipinski definition) is 4. The molecule has 2 aromatic rings. The zero-order valence-electron chi connectivity index (χ0n) is 13.2. The first-order valence-corrected chi connectivity index (χ1v) is 8.44. The van der Waals surface area contributed by atoms with Crippen molar-refractivity contribution in [1.82, 2.24) is 15.2 Å². The Morgan fingerprint density at radius 1 is 1.09 bits per heavy atom. The lowest BCUT2D eigenvalue weighted by Crippen LogP contribution is -2.53. The van der Waals surface area contributed by atoms with Gasteiger partial charge in [0, 0.05) is 31.6 Å². The number of para-hydroxylation sites is 1. The van der Waals surface area contributed by atoms with E-state index < -0.39 is 0 Å². The minimum atomic E-state index is 0.0420. The second-order valence-corrected chi connectivity index (χ2v) is 6.32. The Hall–Kier alpha value is -2.14. The summed E-state index contributed by atoms with van der Waals surface area (Å²) >= 11 is 0. The van der Waals surface area contributed by atoms with Crippen LogP contribution in [0.5, 0.6) is 0 Å². The van der Waals surface area contributed by atoms with E-state index in [4.69, 9.17) is 4.98 Å². The van der Waals surface area contributed by atoms with E-state index in [1.807, 2.05) is 23.1 Å². The normalized spacial score (nSPS) is 21.8. The first kappa shape index (κ1) is 14.5. The van der Waals surface area contributed by atoms with Gasteiger partial charge in [0.05, 0.1) is 11.6 Å². The number of benzene rings is 1. The van der Waals surface area contributed by atoms with E-state index >= 15 is 0 Å². The van der Waals surface area contributed by atoms with Gasteiger partial charge >= 0.3 is 0 Å². The van der Waals surface area contributed by atoms with Crippen molar-refractivity contribution >= 4 is 22.6 Å². The molecule has 3 heterocycles. The number of hydrogen-bond donors (Lipinski definition) is 1. The van der Waals surface area contributed by atoms with Crippen molar-refractivity contribution < 1.29 is 4.79 Å². The van der Waals surface area contributed by atoms with Gasteiger partial charge in [-0.2, -0.15) is 0 Å². The summed E-state index contributed by atoms with van der Waals surface area (Å²) < 4.78 is 0. The van der Waals surface area contributed by atoms with E-state index in [2.05, 4.69) is 28.4 Å². The highest BCUT2D eigenvalue weighted by atomic mass is 16.2. The Morgan fingerprint density at radius 2 is 1.91 bits per heavy atom. The second kappa shape index (κ2) is 6.16.